The standard InChI is InChI=1S/C24H26O.C12H27OSi.C3H6.O.W/c1-14-10-16(3)22(17(4)11-14)20-8-7-9-21(24(20)25)23-18(5)12-15(2)13-19(23)6;1-10(2,3)14(13,11(4,5)6)12(7,8)9;1-3-2;;/h7-13,25H,1-6H3;1-9H3;1-3H2;;/q;-1;2*-2;/p-1. The number of aryl methyl sites for hydroxylation is 6. The van der Waals surface area contributed by atoms with Gasteiger partial charge in [0, 0.05) is 21.1 Å². The molecule has 0 amide bonds. The molecule has 0 saturated heterocycles. The van der Waals surface area contributed by atoms with Crippen molar-refractivity contribution in [3.63, 3.8) is 0 Å². The second-order valence-electron chi connectivity index (χ2n) is 15.0. The van der Waals surface area contributed by atoms with Crippen LogP contribution < -0.4 is 9.90 Å². The summed E-state index contributed by atoms with van der Waals surface area (Å²) in [6.07, 6.45) is 0.750. The van der Waals surface area contributed by atoms with Crippen LogP contribution in [0, 0.1) is 55.4 Å². The summed E-state index contributed by atoms with van der Waals surface area (Å²) in [5, 5.41) is 13.1. The maximum Gasteiger partial charge on any atom is 0 e. The molecule has 3 rings (SSSR count). The first-order chi connectivity index (χ1) is 19.0. The van der Waals surface area contributed by atoms with E-state index in [1.54, 1.807) is 0 Å². The van der Waals surface area contributed by atoms with Crippen molar-refractivity contribution < 1.29 is 36.4 Å². The van der Waals surface area contributed by atoms with Gasteiger partial charge in [-0.3, -0.25) is 0 Å². The minimum absolute atomic E-state index is 0. The Labute approximate surface area is 286 Å². The SMILES string of the molecule is CC(C)(C)[Si]([O-])(C(C)(C)C)C(C)(C)C.Cc1cc(C)c(-c2cccc(-c3c(C)cc(C)cc3C)c2[O-])c(C)c1.[CH2-]C[CH2-].[O-2].[W]. The first kappa shape index (κ1) is 44.4. The summed E-state index contributed by atoms with van der Waals surface area (Å²) in [7, 11) is -2.60. The fraction of sp³-hybridized carbons (Fsp3) is 0.487. The molecule has 0 aliphatic rings. The molecule has 3 aromatic carbocycles. The summed E-state index contributed by atoms with van der Waals surface area (Å²) >= 11 is 0. The van der Waals surface area contributed by atoms with Gasteiger partial charge in [-0.2, -0.15) is 0 Å². The molecule has 248 valence electrons. The van der Waals surface area contributed by atoms with Crippen LogP contribution in [-0.4, -0.2) is 8.32 Å². The van der Waals surface area contributed by atoms with E-state index in [4.69, 9.17) is 0 Å². The van der Waals surface area contributed by atoms with Crippen molar-refractivity contribution in [3.05, 3.63) is 89.7 Å². The van der Waals surface area contributed by atoms with Crippen molar-refractivity contribution in [2.75, 3.05) is 0 Å². The Balaban J connectivity index is 0. The summed E-state index contributed by atoms with van der Waals surface area (Å²) in [5.41, 5.74) is 10.8. The summed E-state index contributed by atoms with van der Waals surface area (Å²) in [4.78, 5) is 13.3. The van der Waals surface area contributed by atoms with Gasteiger partial charge in [0.1, 0.15) is 0 Å². The van der Waals surface area contributed by atoms with Gasteiger partial charge in [-0.1, -0.05) is 137 Å². The second kappa shape index (κ2) is 16.7. The largest absolute Gasteiger partial charge is 2.00 e. The summed E-state index contributed by atoms with van der Waals surface area (Å²) < 4.78 is 0. The van der Waals surface area contributed by atoms with E-state index in [0.29, 0.717) is 0 Å². The molecule has 0 atom stereocenters. The average Bonchev–Trinajstić information content (AvgIpc) is 2.78. The first-order valence-corrected chi connectivity index (χ1v) is 17.1. The monoisotopic (exact) mass is 786 g/mol. The molecule has 0 unspecified atom stereocenters. The molecule has 0 bridgehead atoms. The summed E-state index contributed by atoms with van der Waals surface area (Å²) in [5.74, 6) is 0.118. The third kappa shape index (κ3) is 9.89. The Morgan fingerprint density at radius 1 is 0.591 bits per heavy atom. The third-order valence-electron chi connectivity index (χ3n) is 8.08. The molecular formula is C39H58O3SiW-6. The minimum Gasteiger partial charge on any atom is -2.00 e. The smallest absolute Gasteiger partial charge is 0 e. The van der Waals surface area contributed by atoms with E-state index in [-0.39, 0.29) is 47.4 Å². The van der Waals surface area contributed by atoms with Crippen molar-refractivity contribution in [3.8, 4) is 28.0 Å². The van der Waals surface area contributed by atoms with Crippen LogP contribution in [0.2, 0.25) is 15.1 Å². The molecule has 0 saturated carbocycles. The van der Waals surface area contributed by atoms with Gasteiger partial charge in [-0.15, -0.1) is 0 Å². The predicted octanol–water partition coefficient (Wildman–Crippen LogP) is 10.6. The van der Waals surface area contributed by atoms with Crippen LogP contribution in [-0.2, 0) is 26.5 Å². The van der Waals surface area contributed by atoms with Crippen LogP contribution >= 0.6 is 0 Å². The van der Waals surface area contributed by atoms with Gasteiger partial charge in [-0.05, 0) is 94.4 Å². The molecule has 3 aromatic rings. The normalized spacial score (nSPS) is 11.7. The van der Waals surface area contributed by atoms with E-state index in [2.05, 4.69) is 142 Å². The van der Waals surface area contributed by atoms with Crippen LogP contribution in [0.1, 0.15) is 102 Å². The molecule has 0 heterocycles. The Kier molecular flexibility index (Phi) is 16.9. The minimum atomic E-state index is -2.60. The first-order valence-electron chi connectivity index (χ1n) is 15.2. The van der Waals surface area contributed by atoms with E-state index >= 15 is 0 Å². The molecule has 0 aliphatic heterocycles. The second-order valence-corrected chi connectivity index (χ2v) is 20.9. The molecule has 0 N–H and O–H groups in total. The third-order valence-corrected chi connectivity index (χ3v) is 14.4. The predicted molar refractivity (Wildman–Crippen MR) is 186 cm³/mol. The zero-order chi connectivity index (χ0) is 33.0. The van der Waals surface area contributed by atoms with Gasteiger partial charge < -0.3 is 35.6 Å². The van der Waals surface area contributed by atoms with E-state index in [9.17, 15) is 9.90 Å². The molecule has 0 radical (unpaired) electrons. The topological polar surface area (TPSA) is 74.6 Å². The van der Waals surface area contributed by atoms with Crippen LogP contribution in [0.3, 0.4) is 0 Å². The van der Waals surface area contributed by atoms with Crippen molar-refractivity contribution >= 4 is 8.32 Å². The zero-order valence-electron chi connectivity index (χ0n) is 30.3. The molecule has 5 heteroatoms. The number of hydrogen-bond donors (Lipinski definition) is 0. The van der Waals surface area contributed by atoms with Crippen LogP contribution in [0.15, 0.2) is 42.5 Å². The van der Waals surface area contributed by atoms with Crippen molar-refractivity contribution in [2.24, 2.45) is 0 Å². The quantitative estimate of drug-likeness (QED) is 0.192. The van der Waals surface area contributed by atoms with Gasteiger partial charge in [0.2, 0.25) is 0 Å². The maximum atomic E-state index is 13.3. The van der Waals surface area contributed by atoms with Gasteiger partial charge in [0.15, 0.2) is 0 Å². The van der Waals surface area contributed by atoms with Crippen LogP contribution in [0.25, 0.3) is 22.3 Å². The number of benzene rings is 3. The molecular weight excluding hydrogens is 728 g/mol. The Morgan fingerprint density at radius 3 is 1.00 bits per heavy atom. The van der Waals surface area contributed by atoms with Crippen molar-refractivity contribution in [1.29, 1.82) is 0 Å². The maximum absolute atomic E-state index is 13.3. The van der Waals surface area contributed by atoms with Gasteiger partial charge in [0.25, 0.3) is 0 Å². The number of rotatable bonds is 2. The molecule has 0 aromatic heterocycles. The van der Waals surface area contributed by atoms with E-state index in [1.807, 2.05) is 18.2 Å². The van der Waals surface area contributed by atoms with Gasteiger partial charge >= 0.3 is 0 Å². The Bertz CT molecular complexity index is 1200. The van der Waals surface area contributed by atoms with E-state index < -0.39 is 8.32 Å². The fourth-order valence-electron chi connectivity index (χ4n) is 7.52. The van der Waals surface area contributed by atoms with Gasteiger partial charge in [-0.25, -0.2) is 0 Å². The number of hydrogen-bond acceptors (Lipinski definition) is 2. The van der Waals surface area contributed by atoms with Gasteiger partial charge in [0.05, 0.1) is 0 Å². The van der Waals surface area contributed by atoms with Crippen molar-refractivity contribution in [1.82, 2.24) is 0 Å². The molecule has 3 nitrogen and oxygen atoms in total. The zero-order valence-corrected chi connectivity index (χ0v) is 34.2. The molecule has 0 aliphatic carbocycles. The average molecular weight is 787 g/mol. The van der Waals surface area contributed by atoms with Crippen LogP contribution in [0.4, 0.5) is 0 Å². The molecule has 0 spiro atoms. The summed E-state index contributed by atoms with van der Waals surface area (Å²) in [6.45, 7) is 38.3. The Hall–Kier alpha value is -1.71. The summed E-state index contributed by atoms with van der Waals surface area (Å²) in [6, 6.07) is 14.5. The number of para-hydroxylation sites is 1. The fourth-order valence-corrected chi connectivity index (χ4v) is 14.3. The van der Waals surface area contributed by atoms with E-state index in [0.717, 1.165) is 50.9 Å². The van der Waals surface area contributed by atoms with E-state index in [1.165, 1.54) is 11.1 Å². The molecule has 0 fully saturated rings. The molecule has 44 heavy (non-hydrogen) atoms. The van der Waals surface area contributed by atoms with Crippen LogP contribution in [0.5, 0.6) is 5.75 Å². The van der Waals surface area contributed by atoms with Crippen molar-refractivity contribution in [2.45, 2.75) is 125 Å². The Morgan fingerprint density at radius 2 is 0.818 bits per heavy atom.